The largest absolute Gasteiger partial charge is 0.456 e. The van der Waals surface area contributed by atoms with Gasteiger partial charge in [0.25, 0.3) is 0 Å². The lowest BCUT2D eigenvalue weighted by molar-refractivity contribution is 0.669. The van der Waals surface area contributed by atoms with Gasteiger partial charge in [0.05, 0.1) is 5.69 Å². The molecule has 0 aliphatic heterocycles. The van der Waals surface area contributed by atoms with Gasteiger partial charge in [-0.1, -0.05) is 146 Å². The molecule has 0 spiro atoms. The van der Waals surface area contributed by atoms with Crippen LogP contribution >= 0.6 is 0 Å². The first kappa shape index (κ1) is 30.5. The SMILES string of the molecule is c1ccc(N(c2ccc3c(c2)oc2ccccc23)c2cccc(-c3cc4ccccc4c4ccccc34)c2-c2cc3ccccc3c3ccccc23)cc1. The van der Waals surface area contributed by atoms with Gasteiger partial charge in [0, 0.05) is 33.8 Å². The fraction of sp³-hybridized carbons (Fsp3) is 0. The number of rotatable bonds is 5. The molecular weight excluding hydrogens is 655 g/mol. The summed E-state index contributed by atoms with van der Waals surface area (Å²) in [5.74, 6) is 0. The van der Waals surface area contributed by atoms with Crippen molar-refractivity contribution in [2.45, 2.75) is 0 Å². The summed E-state index contributed by atoms with van der Waals surface area (Å²) in [5.41, 5.74) is 9.70. The van der Waals surface area contributed by atoms with Gasteiger partial charge in [-0.2, -0.15) is 0 Å². The Morgan fingerprint density at radius 3 is 1.54 bits per heavy atom. The number of furan rings is 1. The van der Waals surface area contributed by atoms with Crippen molar-refractivity contribution >= 4 is 82.1 Å². The van der Waals surface area contributed by atoms with E-state index in [0.717, 1.165) is 39.0 Å². The average Bonchev–Trinajstić information content (AvgIpc) is 3.62. The molecule has 0 amide bonds. The van der Waals surface area contributed by atoms with Crippen molar-refractivity contribution in [3.05, 3.63) is 200 Å². The molecule has 0 aliphatic rings. The summed E-state index contributed by atoms with van der Waals surface area (Å²) < 4.78 is 6.49. The van der Waals surface area contributed by atoms with Gasteiger partial charge in [0.2, 0.25) is 0 Å². The zero-order chi connectivity index (χ0) is 35.6. The summed E-state index contributed by atoms with van der Waals surface area (Å²) in [4.78, 5) is 2.40. The molecule has 2 heteroatoms. The Labute approximate surface area is 312 Å². The molecule has 2 nitrogen and oxygen atoms in total. The van der Waals surface area contributed by atoms with Crippen LogP contribution in [-0.2, 0) is 0 Å². The van der Waals surface area contributed by atoms with Crippen LogP contribution in [0.2, 0.25) is 0 Å². The molecular formula is C52H33NO. The zero-order valence-electron chi connectivity index (χ0n) is 29.4. The lowest BCUT2D eigenvalue weighted by Crippen LogP contribution is -2.11. The molecule has 0 bridgehead atoms. The molecule has 0 atom stereocenters. The molecule has 0 aliphatic carbocycles. The maximum Gasteiger partial charge on any atom is 0.137 e. The third kappa shape index (κ3) is 4.74. The normalized spacial score (nSPS) is 11.7. The standard InChI is InChI=1S/C52H33NO/c1-2-17-36(18-3-1)53(37-29-30-45-44-25-12-13-28-50(44)54-51(45)33-37)49-27-14-26-46(47-31-34-15-4-6-19-38(34)40-21-8-10-23-42(40)47)52(49)48-32-35-16-5-7-20-39(35)41-22-9-11-24-43(41)48/h1-33H. The molecule has 0 unspecified atom stereocenters. The van der Waals surface area contributed by atoms with Crippen molar-refractivity contribution in [2.75, 3.05) is 4.90 Å². The highest BCUT2D eigenvalue weighted by Gasteiger charge is 2.24. The highest BCUT2D eigenvalue weighted by atomic mass is 16.3. The van der Waals surface area contributed by atoms with Crippen molar-refractivity contribution < 1.29 is 4.42 Å². The molecule has 0 N–H and O–H groups in total. The van der Waals surface area contributed by atoms with Gasteiger partial charge in [-0.3, -0.25) is 0 Å². The average molecular weight is 688 g/mol. The molecule has 252 valence electrons. The highest BCUT2D eigenvalue weighted by molar-refractivity contribution is 6.20. The minimum atomic E-state index is 0.865. The first-order valence-electron chi connectivity index (χ1n) is 18.5. The highest BCUT2D eigenvalue weighted by Crippen LogP contribution is 2.50. The molecule has 11 aromatic rings. The van der Waals surface area contributed by atoms with Crippen LogP contribution in [0, 0.1) is 0 Å². The van der Waals surface area contributed by atoms with E-state index in [0.29, 0.717) is 0 Å². The van der Waals surface area contributed by atoms with E-state index >= 15 is 0 Å². The lowest BCUT2D eigenvalue weighted by atomic mass is 9.85. The van der Waals surface area contributed by atoms with E-state index in [1.807, 2.05) is 12.1 Å². The minimum Gasteiger partial charge on any atom is -0.456 e. The van der Waals surface area contributed by atoms with Crippen LogP contribution in [0.15, 0.2) is 205 Å². The van der Waals surface area contributed by atoms with E-state index in [-0.39, 0.29) is 0 Å². The Hall–Kier alpha value is -7.16. The second-order valence-corrected chi connectivity index (χ2v) is 14.0. The van der Waals surface area contributed by atoms with Gasteiger partial charge < -0.3 is 9.32 Å². The Morgan fingerprint density at radius 1 is 0.296 bits per heavy atom. The van der Waals surface area contributed by atoms with E-state index in [9.17, 15) is 0 Å². The molecule has 1 aromatic heterocycles. The van der Waals surface area contributed by atoms with Gasteiger partial charge in [0.15, 0.2) is 0 Å². The molecule has 1 heterocycles. The van der Waals surface area contributed by atoms with Crippen LogP contribution in [0.1, 0.15) is 0 Å². The Morgan fingerprint density at radius 2 is 0.833 bits per heavy atom. The molecule has 11 rings (SSSR count). The van der Waals surface area contributed by atoms with E-state index in [1.165, 1.54) is 65.3 Å². The number of hydrogen-bond donors (Lipinski definition) is 0. The fourth-order valence-electron chi connectivity index (χ4n) is 8.63. The summed E-state index contributed by atoms with van der Waals surface area (Å²) in [7, 11) is 0. The van der Waals surface area contributed by atoms with Gasteiger partial charge in [-0.25, -0.2) is 0 Å². The Balaban J connectivity index is 1.29. The minimum absolute atomic E-state index is 0.865. The third-order valence-electron chi connectivity index (χ3n) is 11.0. The Bertz CT molecular complexity index is 3230. The fourth-order valence-corrected chi connectivity index (χ4v) is 8.63. The second kappa shape index (κ2) is 12.2. The lowest BCUT2D eigenvalue weighted by Gasteiger charge is -2.30. The first-order valence-corrected chi connectivity index (χ1v) is 18.5. The number of benzene rings is 10. The Kier molecular flexibility index (Phi) is 6.90. The van der Waals surface area contributed by atoms with E-state index in [4.69, 9.17) is 4.42 Å². The van der Waals surface area contributed by atoms with E-state index < -0.39 is 0 Å². The molecule has 10 aromatic carbocycles. The molecule has 0 fully saturated rings. The van der Waals surface area contributed by atoms with Crippen LogP contribution in [-0.4, -0.2) is 0 Å². The van der Waals surface area contributed by atoms with E-state index in [2.05, 4.69) is 193 Å². The first-order chi connectivity index (χ1) is 26.8. The molecule has 0 saturated carbocycles. The predicted octanol–water partition coefficient (Wildman–Crippen LogP) is 15.0. The van der Waals surface area contributed by atoms with Gasteiger partial charge >= 0.3 is 0 Å². The van der Waals surface area contributed by atoms with Crippen molar-refractivity contribution in [1.82, 2.24) is 0 Å². The molecule has 0 radical (unpaired) electrons. The van der Waals surface area contributed by atoms with Gasteiger partial charge in [-0.15, -0.1) is 0 Å². The third-order valence-corrected chi connectivity index (χ3v) is 11.0. The van der Waals surface area contributed by atoms with Gasteiger partial charge in [-0.05, 0) is 108 Å². The summed E-state index contributed by atoms with van der Waals surface area (Å²) in [6.07, 6.45) is 0. The van der Waals surface area contributed by atoms with Crippen LogP contribution in [0.25, 0.3) is 87.3 Å². The number of anilines is 3. The number of fused-ring (bicyclic) bond motifs is 9. The molecule has 54 heavy (non-hydrogen) atoms. The predicted molar refractivity (Wildman–Crippen MR) is 229 cm³/mol. The summed E-state index contributed by atoms with van der Waals surface area (Å²) in [6, 6.07) is 72.5. The van der Waals surface area contributed by atoms with Crippen molar-refractivity contribution in [2.24, 2.45) is 0 Å². The van der Waals surface area contributed by atoms with Gasteiger partial charge in [0.1, 0.15) is 11.2 Å². The molecule has 0 saturated heterocycles. The maximum absolute atomic E-state index is 6.49. The number of para-hydroxylation sites is 2. The van der Waals surface area contributed by atoms with Crippen molar-refractivity contribution in [3.8, 4) is 22.3 Å². The monoisotopic (exact) mass is 687 g/mol. The van der Waals surface area contributed by atoms with Crippen LogP contribution in [0.4, 0.5) is 17.1 Å². The second-order valence-electron chi connectivity index (χ2n) is 14.0. The van der Waals surface area contributed by atoms with E-state index in [1.54, 1.807) is 0 Å². The summed E-state index contributed by atoms with van der Waals surface area (Å²) in [5, 5.41) is 12.1. The quantitative estimate of drug-likeness (QED) is 0.168. The van der Waals surface area contributed by atoms with Crippen LogP contribution in [0.3, 0.4) is 0 Å². The van der Waals surface area contributed by atoms with Crippen LogP contribution < -0.4 is 4.90 Å². The zero-order valence-corrected chi connectivity index (χ0v) is 29.4. The summed E-state index contributed by atoms with van der Waals surface area (Å²) >= 11 is 0. The smallest absolute Gasteiger partial charge is 0.137 e. The van der Waals surface area contributed by atoms with Crippen molar-refractivity contribution in [3.63, 3.8) is 0 Å². The topological polar surface area (TPSA) is 16.4 Å². The number of nitrogens with zero attached hydrogens (tertiary/aromatic N) is 1. The maximum atomic E-state index is 6.49. The number of hydrogen-bond acceptors (Lipinski definition) is 2. The summed E-state index contributed by atoms with van der Waals surface area (Å²) in [6.45, 7) is 0. The van der Waals surface area contributed by atoms with Crippen molar-refractivity contribution in [1.29, 1.82) is 0 Å². The van der Waals surface area contributed by atoms with Crippen LogP contribution in [0.5, 0.6) is 0 Å².